The Labute approximate surface area is 125 Å². The summed E-state index contributed by atoms with van der Waals surface area (Å²) in [5.74, 6) is -0.00823. The summed E-state index contributed by atoms with van der Waals surface area (Å²) in [5, 5.41) is 2.45. The minimum atomic E-state index is -0.951. The van der Waals surface area contributed by atoms with E-state index in [1.54, 1.807) is 0 Å². The fourth-order valence-corrected chi connectivity index (χ4v) is 4.32. The van der Waals surface area contributed by atoms with Gasteiger partial charge in [-0.15, -0.1) is 0 Å². The number of urea groups is 1. The van der Waals surface area contributed by atoms with Crippen molar-refractivity contribution in [1.82, 2.24) is 10.2 Å². The molecule has 0 radical (unpaired) electrons. The van der Waals surface area contributed by atoms with E-state index in [9.17, 15) is 14.4 Å². The molecule has 1 heterocycles. The van der Waals surface area contributed by atoms with Crippen molar-refractivity contribution in [2.24, 2.45) is 11.3 Å². The van der Waals surface area contributed by atoms with Crippen molar-refractivity contribution < 1.29 is 14.4 Å². The number of hydrogen-bond acceptors (Lipinski definition) is 3. The molecule has 2 atom stereocenters. The maximum Gasteiger partial charge on any atom is 0.331 e. The van der Waals surface area contributed by atoms with E-state index in [-0.39, 0.29) is 17.9 Å². The second-order valence-corrected chi connectivity index (χ2v) is 6.82. The standard InChI is InChI=1S/C16H24N2O3/c1-2-11-6-5-7-12(10-11)18-14(20)16(8-3-4-9-16)13(19)17-15(18)21/h11-12H,2-10H2,1H3,(H,17,19,21). The van der Waals surface area contributed by atoms with Gasteiger partial charge in [0.25, 0.3) is 0 Å². The first kappa shape index (κ1) is 14.5. The Morgan fingerprint density at radius 3 is 2.52 bits per heavy atom. The van der Waals surface area contributed by atoms with E-state index < -0.39 is 11.4 Å². The lowest BCUT2D eigenvalue weighted by atomic mass is 9.79. The highest BCUT2D eigenvalue weighted by molar-refractivity contribution is 6.19. The van der Waals surface area contributed by atoms with Crippen molar-refractivity contribution in [2.45, 2.75) is 70.8 Å². The summed E-state index contributed by atoms with van der Waals surface area (Å²) in [6.07, 6.45) is 8.05. The number of amides is 4. The Morgan fingerprint density at radius 2 is 1.86 bits per heavy atom. The summed E-state index contributed by atoms with van der Waals surface area (Å²) in [6, 6.07) is -0.522. The molecule has 21 heavy (non-hydrogen) atoms. The zero-order chi connectivity index (χ0) is 15.0. The van der Waals surface area contributed by atoms with E-state index in [1.807, 2.05) is 0 Å². The number of imide groups is 2. The lowest BCUT2D eigenvalue weighted by Gasteiger charge is -2.43. The molecule has 2 saturated carbocycles. The number of carbonyl (C=O) groups is 3. The molecule has 0 aromatic carbocycles. The van der Waals surface area contributed by atoms with E-state index >= 15 is 0 Å². The third kappa shape index (κ3) is 2.27. The molecule has 1 N–H and O–H groups in total. The average Bonchev–Trinajstić information content (AvgIpc) is 2.97. The second-order valence-electron chi connectivity index (χ2n) is 6.82. The van der Waals surface area contributed by atoms with Crippen LogP contribution in [0.2, 0.25) is 0 Å². The number of nitrogens with zero attached hydrogens (tertiary/aromatic N) is 1. The first-order valence-corrected chi connectivity index (χ1v) is 8.27. The van der Waals surface area contributed by atoms with Crippen LogP contribution in [0, 0.1) is 11.3 Å². The molecule has 0 aromatic heterocycles. The van der Waals surface area contributed by atoms with Gasteiger partial charge in [-0.2, -0.15) is 0 Å². The van der Waals surface area contributed by atoms with Crippen molar-refractivity contribution in [3.05, 3.63) is 0 Å². The molecule has 2 aliphatic carbocycles. The van der Waals surface area contributed by atoms with Crippen LogP contribution in [0.15, 0.2) is 0 Å². The van der Waals surface area contributed by atoms with Crippen molar-refractivity contribution in [3.63, 3.8) is 0 Å². The first-order chi connectivity index (χ1) is 10.1. The van der Waals surface area contributed by atoms with E-state index in [4.69, 9.17) is 0 Å². The van der Waals surface area contributed by atoms with E-state index in [0.29, 0.717) is 18.8 Å². The monoisotopic (exact) mass is 292 g/mol. The molecule has 0 aromatic rings. The molecule has 2 unspecified atom stereocenters. The predicted molar refractivity (Wildman–Crippen MR) is 77.3 cm³/mol. The summed E-state index contributed by atoms with van der Waals surface area (Å²) < 4.78 is 0. The lowest BCUT2D eigenvalue weighted by molar-refractivity contribution is -0.153. The van der Waals surface area contributed by atoms with Gasteiger partial charge in [0.1, 0.15) is 5.41 Å². The fourth-order valence-electron chi connectivity index (χ4n) is 4.32. The number of carbonyl (C=O) groups excluding carboxylic acids is 3. The molecular formula is C16H24N2O3. The highest BCUT2D eigenvalue weighted by atomic mass is 16.2. The molecule has 4 amide bonds. The zero-order valence-electron chi connectivity index (χ0n) is 12.7. The Bertz CT molecular complexity index is 468. The van der Waals surface area contributed by atoms with Gasteiger partial charge in [-0.3, -0.25) is 19.8 Å². The zero-order valence-corrected chi connectivity index (χ0v) is 12.7. The van der Waals surface area contributed by atoms with Gasteiger partial charge in [-0.05, 0) is 31.6 Å². The largest absolute Gasteiger partial charge is 0.331 e. The maximum atomic E-state index is 12.9. The van der Waals surface area contributed by atoms with Crippen LogP contribution in [-0.4, -0.2) is 28.8 Å². The molecule has 3 fully saturated rings. The summed E-state index contributed by atoms with van der Waals surface area (Å²) in [6.45, 7) is 2.16. The van der Waals surface area contributed by atoms with Gasteiger partial charge in [0.15, 0.2) is 0 Å². The number of barbiturate groups is 1. The highest BCUT2D eigenvalue weighted by Crippen LogP contribution is 2.43. The van der Waals surface area contributed by atoms with Gasteiger partial charge in [-0.1, -0.05) is 39.0 Å². The summed E-state index contributed by atoms with van der Waals surface area (Å²) in [4.78, 5) is 38.7. The highest BCUT2D eigenvalue weighted by Gasteiger charge is 2.56. The third-order valence-electron chi connectivity index (χ3n) is 5.66. The van der Waals surface area contributed by atoms with Crippen LogP contribution < -0.4 is 5.32 Å². The Balaban J connectivity index is 1.85. The molecule has 0 bridgehead atoms. The van der Waals surface area contributed by atoms with Crippen molar-refractivity contribution in [1.29, 1.82) is 0 Å². The molecule has 5 nitrogen and oxygen atoms in total. The SMILES string of the molecule is CCC1CCCC(N2C(=O)NC(=O)C3(CCCC3)C2=O)C1. The Kier molecular flexibility index (Phi) is 3.76. The van der Waals surface area contributed by atoms with Crippen LogP contribution in [0.3, 0.4) is 0 Å². The molecular weight excluding hydrogens is 268 g/mol. The van der Waals surface area contributed by atoms with Crippen LogP contribution in [0.25, 0.3) is 0 Å². The van der Waals surface area contributed by atoms with Crippen LogP contribution >= 0.6 is 0 Å². The Hall–Kier alpha value is -1.39. The van der Waals surface area contributed by atoms with Crippen molar-refractivity contribution in [2.75, 3.05) is 0 Å². The van der Waals surface area contributed by atoms with Gasteiger partial charge in [0.05, 0.1) is 0 Å². The normalized spacial score (nSPS) is 32.6. The van der Waals surface area contributed by atoms with Crippen molar-refractivity contribution in [3.8, 4) is 0 Å². The van der Waals surface area contributed by atoms with Crippen LogP contribution in [0.5, 0.6) is 0 Å². The predicted octanol–water partition coefficient (Wildman–Crippen LogP) is 2.59. The van der Waals surface area contributed by atoms with Crippen LogP contribution in [-0.2, 0) is 9.59 Å². The number of hydrogen-bond donors (Lipinski definition) is 1. The quantitative estimate of drug-likeness (QED) is 0.795. The number of nitrogens with one attached hydrogen (secondary N) is 1. The minimum absolute atomic E-state index is 0.0261. The molecule has 116 valence electrons. The fraction of sp³-hybridized carbons (Fsp3) is 0.812. The summed E-state index contributed by atoms with van der Waals surface area (Å²) >= 11 is 0. The van der Waals surface area contributed by atoms with Gasteiger partial charge >= 0.3 is 6.03 Å². The molecule has 3 aliphatic rings. The van der Waals surface area contributed by atoms with E-state index in [1.165, 1.54) is 11.3 Å². The van der Waals surface area contributed by atoms with Gasteiger partial charge in [0.2, 0.25) is 11.8 Å². The smallest absolute Gasteiger partial charge is 0.277 e. The summed E-state index contributed by atoms with van der Waals surface area (Å²) in [5.41, 5.74) is -0.951. The summed E-state index contributed by atoms with van der Waals surface area (Å²) in [7, 11) is 0. The molecule has 5 heteroatoms. The van der Waals surface area contributed by atoms with Crippen molar-refractivity contribution >= 4 is 17.8 Å². The van der Waals surface area contributed by atoms with Gasteiger partial charge in [0, 0.05) is 6.04 Å². The molecule has 1 saturated heterocycles. The second kappa shape index (κ2) is 5.43. The average molecular weight is 292 g/mol. The Morgan fingerprint density at radius 1 is 1.14 bits per heavy atom. The topological polar surface area (TPSA) is 66.5 Å². The lowest BCUT2D eigenvalue weighted by Crippen LogP contribution is -2.65. The molecule has 3 rings (SSSR count). The third-order valence-corrected chi connectivity index (χ3v) is 5.66. The van der Waals surface area contributed by atoms with E-state index in [2.05, 4.69) is 12.2 Å². The van der Waals surface area contributed by atoms with Crippen LogP contribution in [0.4, 0.5) is 4.79 Å². The maximum absolute atomic E-state index is 12.9. The van der Waals surface area contributed by atoms with Crippen LogP contribution in [0.1, 0.15) is 64.7 Å². The van der Waals surface area contributed by atoms with Gasteiger partial charge < -0.3 is 0 Å². The molecule has 1 spiro atoms. The molecule has 1 aliphatic heterocycles. The minimum Gasteiger partial charge on any atom is -0.277 e. The van der Waals surface area contributed by atoms with E-state index in [0.717, 1.165) is 38.5 Å². The first-order valence-electron chi connectivity index (χ1n) is 8.27. The number of rotatable bonds is 2. The van der Waals surface area contributed by atoms with Gasteiger partial charge in [-0.25, -0.2) is 4.79 Å².